The van der Waals surface area contributed by atoms with Crippen molar-refractivity contribution < 1.29 is 9.90 Å². The van der Waals surface area contributed by atoms with E-state index in [4.69, 9.17) is 0 Å². The first kappa shape index (κ1) is 16.0. The predicted octanol–water partition coefficient (Wildman–Crippen LogP) is 5.03. The van der Waals surface area contributed by atoms with E-state index in [1.807, 2.05) is 50.2 Å². The van der Waals surface area contributed by atoms with Crippen LogP contribution in [0.25, 0.3) is 6.08 Å². The summed E-state index contributed by atoms with van der Waals surface area (Å²) in [6.45, 7) is 7.97. The molecule has 2 aromatic rings. The van der Waals surface area contributed by atoms with Gasteiger partial charge in [-0.1, -0.05) is 44.2 Å². The molecular weight excluding hydrogens is 272 g/mol. The summed E-state index contributed by atoms with van der Waals surface area (Å²) in [7, 11) is 0. The number of hydrogen-bond acceptors (Lipinski definition) is 2. The molecule has 0 fully saturated rings. The molecule has 0 atom stereocenters. The third kappa shape index (κ3) is 3.64. The Morgan fingerprint density at radius 3 is 2.09 bits per heavy atom. The van der Waals surface area contributed by atoms with Gasteiger partial charge in [0, 0.05) is 5.56 Å². The Bertz CT molecular complexity index is 684. The molecule has 2 aromatic carbocycles. The number of hydrogen-bond donors (Lipinski definition) is 1. The highest BCUT2D eigenvalue weighted by molar-refractivity contribution is 6.06. The van der Waals surface area contributed by atoms with E-state index in [1.165, 1.54) is 5.56 Å². The largest absolute Gasteiger partial charge is 0.507 e. The van der Waals surface area contributed by atoms with E-state index in [9.17, 15) is 9.90 Å². The molecular formula is C20H22O2. The van der Waals surface area contributed by atoms with Crippen molar-refractivity contribution in [1.82, 2.24) is 0 Å². The van der Waals surface area contributed by atoms with E-state index in [1.54, 1.807) is 12.2 Å². The number of carbonyl (C=O) groups excluding carboxylic acids is 1. The standard InChI is InChI=1S/C20H22O2/c1-13(2)17-6-8-18(9-7-17)19(21)10-5-16-11-14(3)20(22)15(4)12-16/h5-13,22H,1-4H3. The van der Waals surface area contributed by atoms with E-state index in [0.717, 1.165) is 16.7 Å². The van der Waals surface area contributed by atoms with Crippen molar-refractivity contribution in [3.05, 3.63) is 70.3 Å². The highest BCUT2D eigenvalue weighted by Gasteiger charge is 2.05. The molecule has 0 spiro atoms. The van der Waals surface area contributed by atoms with Gasteiger partial charge in [-0.15, -0.1) is 0 Å². The first-order chi connectivity index (χ1) is 10.4. The van der Waals surface area contributed by atoms with Crippen molar-refractivity contribution in [2.75, 3.05) is 0 Å². The maximum Gasteiger partial charge on any atom is 0.185 e. The summed E-state index contributed by atoms with van der Waals surface area (Å²) in [5.41, 5.74) is 4.46. The van der Waals surface area contributed by atoms with E-state index >= 15 is 0 Å². The number of benzene rings is 2. The van der Waals surface area contributed by atoms with Crippen molar-refractivity contribution >= 4 is 11.9 Å². The molecule has 0 aliphatic heterocycles. The maximum absolute atomic E-state index is 12.2. The molecule has 2 nitrogen and oxygen atoms in total. The van der Waals surface area contributed by atoms with Crippen molar-refractivity contribution in [3.63, 3.8) is 0 Å². The fourth-order valence-electron chi connectivity index (χ4n) is 2.39. The molecule has 0 aromatic heterocycles. The van der Waals surface area contributed by atoms with Gasteiger partial charge < -0.3 is 5.11 Å². The number of phenolic OH excluding ortho intramolecular Hbond substituents is 1. The number of phenols is 1. The third-order valence-corrected chi connectivity index (χ3v) is 3.80. The van der Waals surface area contributed by atoms with Gasteiger partial charge in [0.25, 0.3) is 0 Å². The lowest BCUT2D eigenvalue weighted by Crippen LogP contribution is -1.95. The summed E-state index contributed by atoms with van der Waals surface area (Å²) >= 11 is 0. The van der Waals surface area contributed by atoms with Gasteiger partial charge in [0.15, 0.2) is 5.78 Å². The summed E-state index contributed by atoms with van der Waals surface area (Å²) in [5, 5.41) is 9.77. The fraction of sp³-hybridized carbons (Fsp3) is 0.250. The monoisotopic (exact) mass is 294 g/mol. The van der Waals surface area contributed by atoms with Gasteiger partial charge in [-0.2, -0.15) is 0 Å². The number of aromatic hydroxyl groups is 1. The zero-order valence-electron chi connectivity index (χ0n) is 13.6. The molecule has 114 valence electrons. The molecule has 0 saturated heterocycles. The predicted molar refractivity (Wildman–Crippen MR) is 91.5 cm³/mol. The first-order valence-corrected chi connectivity index (χ1v) is 7.51. The summed E-state index contributed by atoms with van der Waals surface area (Å²) < 4.78 is 0. The Hall–Kier alpha value is -2.35. The van der Waals surface area contributed by atoms with Crippen LogP contribution < -0.4 is 0 Å². The SMILES string of the molecule is Cc1cc(C=CC(=O)c2ccc(C(C)C)cc2)cc(C)c1O. The smallest absolute Gasteiger partial charge is 0.185 e. The van der Waals surface area contributed by atoms with Gasteiger partial charge in [0.1, 0.15) is 5.75 Å². The second-order valence-corrected chi connectivity index (χ2v) is 5.98. The number of rotatable bonds is 4. The number of aryl methyl sites for hydroxylation is 2. The van der Waals surface area contributed by atoms with Crippen LogP contribution in [0.2, 0.25) is 0 Å². The minimum Gasteiger partial charge on any atom is -0.507 e. The lowest BCUT2D eigenvalue weighted by molar-refractivity contribution is 0.104. The molecule has 1 N–H and O–H groups in total. The van der Waals surface area contributed by atoms with Gasteiger partial charge in [0.05, 0.1) is 0 Å². The van der Waals surface area contributed by atoms with Gasteiger partial charge in [-0.25, -0.2) is 0 Å². The van der Waals surface area contributed by atoms with Crippen molar-refractivity contribution in [2.24, 2.45) is 0 Å². The zero-order chi connectivity index (χ0) is 16.3. The minimum atomic E-state index is -0.0151. The van der Waals surface area contributed by atoms with Crippen LogP contribution in [-0.2, 0) is 0 Å². The van der Waals surface area contributed by atoms with Crippen LogP contribution in [0.15, 0.2) is 42.5 Å². The normalized spacial score (nSPS) is 11.3. The summed E-state index contributed by atoms with van der Waals surface area (Å²) in [6.07, 6.45) is 3.37. The number of ketones is 1. The molecule has 0 unspecified atom stereocenters. The summed E-state index contributed by atoms with van der Waals surface area (Å²) in [6, 6.07) is 11.5. The minimum absolute atomic E-state index is 0.0151. The highest BCUT2D eigenvalue weighted by atomic mass is 16.3. The molecule has 2 rings (SSSR count). The Morgan fingerprint density at radius 2 is 1.59 bits per heavy atom. The quantitative estimate of drug-likeness (QED) is 0.634. The van der Waals surface area contributed by atoms with Crippen LogP contribution in [0.1, 0.15) is 52.4 Å². The molecule has 0 radical (unpaired) electrons. The second kappa shape index (κ2) is 6.61. The van der Waals surface area contributed by atoms with Crippen LogP contribution in [0.4, 0.5) is 0 Å². The van der Waals surface area contributed by atoms with Gasteiger partial charge >= 0.3 is 0 Å². The first-order valence-electron chi connectivity index (χ1n) is 7.51. The van der Waals surface area contributed by atoms with Crippen molar-refractivity contribution in [1.29, 1.82) is 0 Å². The Morgan fingerprint density at radius 1 is 1.05 bits per heavy atom. The van der Waals surface area contributed by atoms with Gasteiger partial charge in [-0.05, 0) is 60.2 Å². The van der Waals surface area contributed by atoms with E-state index in [0.29, 0.717) is 17.2 Å². The molecule has 22 heavy (non-hydrogen) atoms. The van der Waals surface area contributed by atoms with E-state index < -0.39 is 0 Å². The summed E-state index contributed by atoms with van der Waals surface area (Å²) in [4.78, 5) is 12.2. The van der Waals surface area contributed by atoms with Crippen LogP contribution in [0, 0.1) is 13.8 Å². The molecule has 0 saturated carbocycles. The van der Waals surface area contributed by atoms with E-state index in [2.05, 4.69) is 13.8 Å². The molecule has 0 heterocycles. The Balaban J connectivity index is 2.17. The topological polar surface area (TPSA) is 37.3 Å². The van der Waals surface area contributed by atoms with Gasteiger partial charge in [0.2, 0.25) is 0 Å². The van der Waals surface area contributed by atoms with E-state index in [-0.39, 0.29) is 5.78 Å². The number of carbonyl (C=O) groups is 1. The maximum atomic E-state index is 12.2. The second-order valence-electron chi connectivity index (χ2n) is 5.98. The molecule has 0 aliphatic carbocycles. The van der Waals surface area contributed by atoms with Crippen molar-refractivity contribution in [2.45, 2.75) is 33.6 Å². The summed E-state index contributed by atoms with van der Waals surface area (Å²) in [5.74, 6) is 0.758. The zero-order valence-corrected chi connectivity index (χ0v) is 13.6. The fourth-order valence-corrected chi connectivity index (χ4v) is 2.39. The van der Waals surface area contributed by atoms with Crippen LogP contribution in [0.3, 0.4) is 0 Å². The average Bonchev–Trinajstić information content (AvgIpc) is 2.50. The molecule has 2 heteroatoms. The van der Waals surface area contributed by atoms with Crippen LogP contribution in [0.5, 0.6) is 5.75 Å². The van der Waals surface area contributed by atoms with Crippen LogP contribution >= 0.6 is 0 Å². The van der Waals surface area contributed by atoms with Crippen LogP contribution in [-0.4, -0.2) is 10.9 Å². The molecule has 0 aliphatic rings. The highest BCUT2D eigenvalue weighted by Crippen LogP contribution is 2.23. The Labute approximate surface area is 132 Å². The van der Waals surface area contributed by atoms with Gasteiger partial charge in [-0.3, -0.25) is 4.79 Å². The number of allylic oxidation sites excluding steroid dienone is 1. The molecule has 0 bridgehead atoms. The molecule has 0 amide bonds. The van der Waals surface area contributed by atoms with Crippen molar-refractivity contribution in [3.8, 4) is 5.75 Å². The third-order valence-electron chi connectivity index (χ3n) is 3.80. The average molecular weight is 294 g/mol. The lowest BCUT2D eigenvalue weighted by Gasteiger charge is -2.06. The lowest BCUT2D eigenvalue weighted by atomic mass is 10.00. The Kier molecular flexibility index (Phi) is 4.81.